The van der Waals surface area contributed by atoms with Crippen molar-refractivity contribution in [2.24, 2.45) is 0 Å². The highest BCUT2D eigenvalue weighted by Crippen LogP contribution is 2.25. The summed E-state index contributed by atoms with van der Waals surface area (Å²) >= 11 is 0. The summed E-state index contributed by atoms with van der Waals surface area (Å²) in [6, 6.07) is 11.6. The second-order valence-electron chi connectivity index (χ2n) is 4.69. The Morgan fingerprint density at radius 3 is 2.47 bits per heavy atom. The Kier molecular flexibility index (Phi) is 2.63. The van der Waals surface area contributed by atoms with Crippen molar-refractivity contribution < 1.29 is 5.11 Å². The van der Waals surface area contributed by atoms with Crippen LogP contribution in [0.2, 0.25) is 0 Å². The van der Waals surface area contributed by atoms with Crippen LogP contribution in [0.1, 0.15) is 0 Å². The topological polar surface area (TPSA) is 40.8 Å². The van der Waals surface area contributed by atoms with E-state index in [4.69, 9.17) is 0 Å². The third-order valence-electron chi connectivity index (χ3n) is 3.14. The van der Waals surface area contributed by atoms with Gasteiger partial charge in [-0.05, 0) is 24.3 Å². The first-order valence-corrected chi connectivity index (χ1v) is 6.09. The third-order valence-corrected chi connectivity index (χ3v) is 3.14. The van der Waals surface area contributed by atoms with Crippen molar-refractivity contribution in [3.63, 3.8) is 0 Å². The molecule has 0 aliphatic heterocycles. The molecule has 3 rings (SSSR count). The molecule has 0 spiro atoms. The molecule has 0 saturated heterocycles. The number of aromatic nitrogens is 2. The molecule has 4 nitrogen and oxygen atoms in total. The monoisotopic (exact) mass is 253 g/mol. The Hall–Kier alpha value is -2.49. The molecular formula is C15H15N3O. The molecule has 0 amide bonds. The fourth-order valence-corrected chi connectivity index (χ4v) is 2.07. The van der Waals surface area contributed by atoms with E-state index in [-0.39, 0.29) is 5.75 Å². The van der Waals surface area contributed by atoms with E-state index in [1.165, 1.54) is 0 Å². The van der Waals surface area contributed by atoms with E-state index in [0.29, 0.717) is 5.65 Å². The van der Waals surface area contributed by atoms with Crippen LogP contribution < -0.4 is 4.90 Å². The van der Waals surface area contributed by atoms with Gasteiger partial charge in [-0.15, -0.1) is 0 Å². The summed E-state index contributed by atoms with van der Waals surface area (Å²) in [6.07, 6.45) is 3.79. The van der Waals surface area contributed by atoms with Crippen LogP contribution in [0.15, 0.2) is 48.8 Å². The molecule has 2 aromatic heterocycles. The predicted octanol–water partition coefficient (Wildman–Crippen LogP) is 2.77. The van der Waals surface area contributed by atoms with Crippen molar-refractivity contribution in [3.8, 4) is 17.0 Å². The van der Waals surface area contributed by atoms with Gasteiger partial charge in [0.1, 0.15) is 0 Å². The SMILES string of the molecule is CN(C)c1ccc(-c2cn3cccc(O)c3n2)cc1. The fraction of sp³-hybridized carbons (Fsp3) is 0.133. The standard InChI is InChI=1S/C15H15N3O/c1-17(2)12-7-5-11(6-8-12)13-10-18-9-3-4-14(19)15(18)16-13/h3-10,19H,1-2H3. The molecule has 0 radical (unpaired) electrons. The smallest absolute Gasteiger partial charge is 0.180 e. The van der Waals surface area contributed by atoms with Gasteiger partial charge in [0.2, 0.25) is 0 Å². The average molecular weight is 253 g/mol. The van der Waals surface area contributed by atoms with Gasteiger partial charge in [-0.2, -0.15) is 0 Å². The van der Waals surface area contributed by atoms with Crippen LogP contribution in [0, 0.1) is 0 Å². The lowest BCUT2D eigenvalue weighted by atomic mass is 10.1. The number of fused-ring (bicyclic) bond motifs is 1. The number of rotatable bonds is 2. The van der Waals surface area contributed by atoms with Gasteiger partial charge in [0.05, 0.1) is 5.69 Å². The van der Waals surface area contributed by atoms with Gasteiger partial charge in [0.15, 0.2) is 11.4 Å². The maximum absolute atomic E-state index is 9.76. The Balaban J connectivity index is 2.06. The normalized spacial score (nSPS) is 10.8. The molecule has 0 aliphatic carbocycles. The minimum absolute atomic E-state index is 0.193. The van der Waals surface area contributed by atoms with Gasteiger partial charge in [0.25, 0.3) is 0 Å². The number of hydrogen-bond acceptors (Lipinski definition) is 3. The summed E-state index contributed by atoms with van der Waals surface area (Å²) in [5, 5.41) is 9.76. The lowest BCUT2D eigenvalue weighted by Gasteiger charge is -2.12. The molecule has 0 atom stereocenters. The molecule has 96 valence electrons. The molecule has 4 heteroatoms. The maximum Gasteiger partial charge on any atom is 0.180 e. The molecule has 0 bridgehead atoms. The van der Waals surface area contributed by atoms with Crippen LogP contribution in [0.3, 0.4) is 0 Å². The van der Waals surface area contributed by atoms with E-state index in [1.54, 1.807) is 12.1 Å². The molecule has 1 N–H and O–H groups in total. The van der Waals surface area contributed by atoms with Crippen molar-refractivity contribution in [3.05, 3.63) is 48.8 Å². The first-order chi connectivity index (χ1) is 9.15. The largest absolute Gasteiger partial charge is 0.504 e. The third kappa shape index (κ3) is 2.01. The molecule has 0 fully saturated rings. The van der Waals surface area contributed by atoms with Crippen molar-refractivity contribution >= 4 is 11.3 Å². The molecule has 0 saturated carbocycles. The lowest BCUT2D eigenvalue weighted by Crippen LogP contribution is -2.07. The fourth-order valence-electron chi connectivity index (χ4n) is 2.07. The summed E-state index contributed by atoms with van der Waals surface area (Å²) in [4.78, 5) is 6.51. The van der Waals surface area contributed by atoms with Gasteiger partial charge in [-0.1, -0.05) is 12.1 Å². The number of hydrogen-bond donors (Lipinski definition) is 1. The van der Waals surface area contributed by atoms with E-state index in [0.717, 1.165) is 16.9 Å². The van der Waals surface area contributed by atoms with Crippen LogP contribution in [0.25, 0.3) is 16.9 Å². The summed E-state index contributed by atoms with van der Waals surface area (Å²) in [7, 11) is 4.02. The van der Waals surface area contributed by atoms with Gasteiger partial charge in [-0.3, -0.25) is 0 Å². The molecule has 3 aromatic rings. The summed E-state index contributed by atoms with van der Waals surface area (Å²) < 4.78 is 1.82. The van der Waals surface area contributed by atoms with Crippen LogP contribution in [0.4, 0.5) is 5.69 Å². The zero-order valence-electron chi connectivity index (χ0n) is 10.9. The Morgan fingerprint density at radius 1 is 1.11 bits per heavy atom. The molecule has 0 aliphatic rings. The van der Waals surface area contributed by atoms with Crippen molar-refractivity contribution in [1.29, 1.82) is 0 Å². The Bertz CT molecular complexity index is 714. The number of benzene rings is 1. The zero-order valence-corrected chi connectivity index (χ0v) is 10.9. The second kappa shape index (κ2) is 4.31. The van der Waals surface area contributed by atoms with E-state index in [2.05, 4.69) is 22.0 Å². The maximum atomic E-state index is 9.76. The predicted molar refractivity (Wildman–Crippen MR) is 76.6 cm³/mol. The minimum atomic E-state index is 0.193. The van der Waals surface area contributed by atoms with Gasteiger partial charge >= 0.3 is 0 Å². The first kappa shape index (κ1) is 11.6. The van der Waals surface area contributed by atoms with E-state index in [1.807, 2.05) is 43.0 Å². The van der Waals surface area contributed by atoms with E-state index in [9.17, 15) is 5.11 Å². The molecule has 19 heavy (non-hydrogen) atoms. The van der Waals surface area contributed by atoms with Gasteiger partial charge in [0, 0.05) is 37.7 Å². The van der Waals surface area contributed by atoms with Crippen molar-refractivity contribution in [2.75, 3.05) is 19.0 Å². The highest BCUT2D eigenvalue weighted by molar-refractivity contribution is 5.67. The summed E-state index contributed by atoms with van der Waals surface area (Å²) in [5.41, 5.74) is 3.62. The van der Waals surface area contributed by atoms with Crippen LogP contribution in [-0.2, 0) is 0 Å². The number of aromatic hydroxyl groups is 1. The molecule has 0 unspecified atom stereocenters. The molecular weight excluding hydrogens is 238 g/mol. The zero-order chi connectivity index (χ0) is 13.4. The quantitative estimate of drug-likeness (QED) is 0.763. The molecule has 1 aromatic carbocycles. The highest BCUT2D eigenvalue weighted by atomic mass is 16.3. The van der Waals surface area contributed by atoms with E-state index >= 15 is 0 Å². The second-order valence-corrected chi connectivity index (χ2v) is 4.69. The summed E-state index contributed by atoms with van der Waals surface area (Å²) in [6.45, 7) is 0. The number of anilines is 1. The lowest BCUT2D eigenvalue weighted by molar-refractivity contribution is 0.477. The van der Waals surface area contributed by atoms with Crippen LogP contribution in [-0.4, -0.2) is 28.6 Å². The van der Waals surface area contributed by atoms with Crippen molar-refractivity contribution in [2.45, 2.75) is 0 Å². The summed E-state index contributed by atoms with van der Waals surface area (Å²) in [5.74, 6) is 0.193. The van der Waals surface area contributed by atoms with Crippen LogP contribution >= 0.6 is 0 Å². The van der Waals surface area contributed by atoms with Crippen LogP contribution in [0.5, 0.6) is 5.75 Å². The number of nitrogens with zero attached hydrogens (tertiary/aromatic N) is 3. The van der Waals surface area contributed by atoms with E-state index < -0.39 is 0 Å². The number of pyridine rings is 1. The Labute approximate surface area is 111 Å². The molecule has 2 heterocycles. The average Bonchev–Trinajstić information content (AvgIpc) is 2.84. The first-order valence-electron chi connectivity index (χ1n) is 6.09. The Morgan fingerprint density at radius 2 is 1.84 bits per heavy atom. The highest BCUT2D eigenvalue weighted by Gasteiger charge is 2.07. The van der Waals surface area contributed by atoms with Gasteiger partial charge < -0.3 is 14.4 Å². The van der Waals surface area contributed by atoms with Crippen molar-refractivity contribution in [1.82, 2.24) is 9.38 Å². The number of imidazole rings is 1. The minimum Gasteiger partial charge on any atom is -0.504 e. The van der Waals surface area contributed by atoms with Gasteiger partial charge in [-0.25, -0.2) is 4.98 Å².